The van der Waals surface area contributed by atoms with Gasteiger partial charge in [-0.3, -0.25) is 0 Å². The molecule has 1 heterocycles. The third kappa shape index (κ3) is 6.04. The standard InChI is InChI=1S/C23H48N/c1-8-10-12-22(9-2)19-24(18-14-21(5)6)17-11-15-23(24,7)16-13-20(3)4/h20-22H,8-19H2,1-7H3/q+1. The van der Waals surface area contributed by atoms with Crippen LogP contribution in [-0.2, 0) is 0 Å². The molecule has 0 aromatic heterocycles. The van der Waals surface area contributed by atoms with Crippen LogP contribution in [0.15, 0.2) is 0 Å². The van der Waals surface area contributed by atoms with Crippen LogP contribution in [0.3, 0.4) is 0 Å². The molecular formula is C23H48N+. The Morgan fingerprint density at radius 3 is 2.17 bits per heavy atom. The number of likely N-dealkylation sites (tertiary alicyclic amines) is 1. The molecule has 1 aliphatic rings. The molecule has 0 N–H and O–H groups in total. The maximum Gasteiger partial charge on any atom is 0.0966 e. The first-order valence-electron chi connectivity index (χ1n) is 11.1. The molecular weight excluding hydrogens is 290 g/mol. The van der Waals surface area contributed by atoms with Gasteiger partial charge in [0, 0.05) is 25.2 Å². The highest BCUT2D eigenvalue weighted by Crippen LogP contribution is 2.43. The van der Waals surface area contributed by atoms with Crippen LogP contribution in [0.25, 0.3) is 0 Å². The van der Waals surface area contributed by atoms with Crippen molar-refractivity contribution in [2.24, 2.45) is 17.8 Å². The van der Waals surface area contributed by atoms with E-state index >= 15 is 0 Å². The normalized spacial score (nSPS) is 28.9. The van der Waals surface area contributed by atoms with Crippen molar-refractivity contribution >= 4 is 0 Å². The molecule has 0 radical (unpaired) electrons. The molecule has 1 heteroatoms. The summed E-state index contributed by atoms with van der Waals surface area (Å²) < 4.78 is 1.44. The van der Waals surface area contributed by atoms with E-state index in [9.17, 15) is 0 Å². The predicted octanol–water partition coefficient (Wildman–Crippen LogP) is 7.05. The van der Waals surface area contributed by atoms with E-state index in [1.165, 1.54) is 81.9 Å². The summed E-state index contributed by atoms with van der Waals surface area (Å²) in [5.74, 6) is 2.62. The van der Waals surface area contributed by atoms with Crippen LogP contribution in [0.2, 0.25) is 0 Å². The molecule has 0 aliphatic carbocycles. The molecule has 0 spiro atoms. The maximum absolute atomic E-state index is 2.65. The van der Waals surface area contributed by atoms with Crippen LogP contribution in [0.1, 0.15) is 106 Å². The molecule has 1 rings (SSSR count). The predicted molar refractivity (Wildman–Crippen MR) is 109 cm³/mol. The van der Waals surface area contributed by atoms with Gasteiger partial charge < -0.3 is 4.48 Å². The summed E-state index contributed by atoms with van der Waals surface area (Å²) in [5, 5.41) is 0. The van der Waals surface area contributed by atoms with E-state index in [4.69, 9.17) is 0 Å². The lowest BCUT2D eigenvalue weighted by atomic mass is 9.85. The largest absolute Gasteiger partial charge is 0.319 e. The number of unbranched alkanes of at least 4 members (excludes halogenated alkanes) is 1. The zero-order chi connectivity index (χ0) is 18.2. The summed E-state index contributed by atoms with van der Waals surface area (Å²) in [6.45, 7) is 21.4. The van der Waals surface area contributed by atoms with Crippen molar-refractivity contribution < 1.29 is 4.48 Å². The summed E-state index contributed by atoms with van der Waals surface area (Å²) in [6, 6.07) is 0. The molecule has 0 bridgehead atoms. The van der Waals surface area contributed by atoms with Gasteiger partial charge >= 0.3 is 0 Å². The zero-order valence-corrected chi connectivity index (χ0v) is 18.2. The monoisotopic (exact) mass is 338 g/mol. The topological polar surface area (TPSA) is 0 Å². The summed E-state index contributed by atoms with van der Waals surface area (Å²) in [7, 11) is 0. The van der Waals surface area contributed by atoms with Gasteiger partial charge in [-0.1, -0.05) is 54.4 Å². The van der Waals surface area contributed by atoms with Crippen LogP contribution < -0.4 is 0 Å². The molecule has 0 saturated carbocycles. The quantitative estimate of drug-likeness (QED) is 0.334. The van der Waals surface area contributed by atoms with Gasteiger partial charge in [-0.15, -0.1) is 0 Å². The van der Waals surface area contributed by atoms with Crippen molar-refractivity contribution in [1.82, 2.24) is 0 Å². The highest BCUT2D eigenvalue weighted by atomic mass is 15.4. The Morgan fingerprint density at radius 1 is 0.958 bits per heavy atom. The van der Waals surface area contributed by atoms with E-state index < -0.39 is 0 Å². The second-order valence-corrected chi connectivity index (χ2v) is 9.91. The Bertz CT molecular complexity index is 335. The maximum atomic E-state index is 2.65. The van der Waals surface area contributed by atoms with Gasteiger partial charge in [-0.2, -0.15) is 0 Å². The molecule has 3 unspecified atom stereocenters. The number of rotatable bonds is 12. The molecule has 24 heavy (non-hydrogen) atoms. The van der Waals surface area contributed by atoms with E-state index in [1.807, 2.05) is 0 Å². The first kappa shape index (κ1) is 22.0. The summed E-state index contributed by atoms with van der Waals surface area (Å²) in [5.41, 5.74) is 0.540. The fourth-order valence-electron chi connectivity index (χ4n) is 4.93. The van der Waals surface area contributed by atoms with Gasteiger partial charge in [0.1, 0.15) is 0 Å². The molecule has 1 aliphatic heterocycles. The van der Waals surface area contributed by atoms with Crippen LogP contribution in [0, 0.1) is 17.8 Å². The van der Waals surface area contributed by atoms with Crippen LogP contribution in [0.4, 0.5) is 0 Å². The highest BCUT2D eigenvalue weighted by Gasteiger charge is 2.51. The van der Waals surface area contributed by atoms with Crippen LogP contribution >= 0.6 is 0 Å². The minimum Gasteiger partial charge on any atom is -0.319 e. The van der Waals surface area contributed by atoms with Crippen molar-refractivity contribution in [3.63, 3.8) is 0 Å². The fraction of sp³-hybridized carbons (Fsp3) is 1.00. The van der Waals surface area contributed by atoms with Crippen molar-refractivity contribution in [1.29, 1.82) is 0 Å². The third-order valence-electron chi connectivity index (χ3n) is 6.99. The smallest absolute Gasteiger partial charge is 0.0966 e. The number of hydrogen-bond donors (Lipinski definition) is 0. The van der Waals surface area contributed by atoms with Gasteiger partial charge in [0.25, 0.3) is 0 Å². The van der Waals surface area contributed by atoms with Gasteiger partial charge in [-0.05, 0) is 44.4 Å². The second kappa shape index (κ2) is 10.2. The van der Waals surface area contributed by atoms with Gasteiger partial charge in [0.05, 0.1) is 25.2 Å². The Labute approximate surface area is 154 Å². The lowest BCUT2D eigenvalue weighted by molar-refractivity contribution is -0.966. The zero-order valence-electron chi connectivity index (χ0n) is 18.2. The third-order valence-corrected chi connectivity index (χ3v) is 6.99. The molecule has 0 aromatic rings. The van der Waals surface area contributed by atoms with Gasteiger partial charge in [0.15, 0.2) is 0 Å². The summed E-state index contributed by atoms with van der Waals surface area (Å²) >= 11 is 0. The van der Waals surface area contributed by atoms with E-state index in [1.54, 1.807) is 0 Å². The first-order chi connectivity index (χ1) is 11.3. The molecule has 1 saturated heterocycles. The van der Waals surface area contributed by atoms with E-state index in [2.05, 4.69) is 48.5 Å². The Kier molecular flexibility index (Phi) is 9.34. The van der Waals surface area contributed by atoms with Crippen molar-refractivity contribution in [3.8, 4) is 0 Å². The van der Waals surface area contributed by atoms with Crippen molar-refractivity contribution in [2.45, 2.75) is 112 Å². The SMILES string of the molecule is CCCCC(CC)C[N+]1(CCC(C)C)CCCC1(C)CCC(C)C. The van der Waals surface area contributed by atoms with Crippen LogP contribution in [0.5, 0.6) is 0 Å². The molecule has 1 fully saturated rings. The Hall–Kier alpha value is -0.0400. The minimum absolute atomic E-state index is 0.540. The number of nitrogens with zero attached hydrogens (tertiary/aromatic N) is 1. The molecule has 0 aromatic carbocycles. The van der Waals surface area contributed by atoms with Crippen molar-refractivity contribution in [2.75, 3.05) is 19.6 Å². The van der Waals surface area contributed by atoms with Crippen LogP contribution in [-0.4, -0.2) is 29.7 Å². The van der Waals surface area contributed by atoms with E-state index in [0.717, 1.165) is 17.8 Å². The summed E-state index contributed by atoms with van der Waals surface area (Å²) in [4.78, 5) is 0. The lowest BCUT2D eigenvalue weighted by Crippen LogP contribution is -2.61. The highest BCUT2D eigenvalue weighted by molar-refractivity contribution is 4.84. The molecule has 0 amide bonds. The molecule has 1 nitrogen and oxygen atoms in total. The fourth-order valence-corrected chi connectivity index (χ4v) is 4.93. The summed E-state index contributed by atoms with van der Waals surface area (Å²) in [6.07, 6.45) is 12.8. The van der Waals surface area contributed by atoms with Crippen molar-refractivity contribution in [3.05, 3.63) is 0 Å². The Balaban J connectivity index is 2.93. The average molecular weight is 339 g/mol. The second-order valence-electron chi connectivity index (χ2n) is 9.91. The lowest BCUT2D eigenvalue weighted by Gasteiger charge is -2.50. The van der Waals surface area contributed by atoms with E-state index in [-0.39, 0.29) is 0 Å². The van der Waals surface area contributed by atoms with Gasteiger partial charge in [-0.25, -0.2) is 0 Å². The number of quaternary nitrogens is 1. The first-order valence-corrected chi connectivity index (χ1v) is 11.1. The van der Waals surface area contributed by atoms with E-state index in [0.29, 0.717) is 5.54 Å². The number of hydrogen-bond acceptors (Lipinski definition) is 0. The molecule has 144 valence electrons. The minimum atomic E-state index is 0.540. The Morgan fingerprint density at radius 2 is 1.62 bits per heavy atom. The van der Waals surface area contributed by atoms with Gasteiger partial charge in [0.2, 0.25) is 0 Å². The average Bonchev–Trinajstić information content (AvgIpc) is 2.85. The molecule has 3 atom stereocenters.